The molecule has 0 saturated carbocycles. The molecule has 0 unspecified atom stereocenters. The van der Waals surface area contributed by atoms with E-state index in [0.717, 1.165) is 22.8 Å². The molecule has 2 nitrogen and oxygen atoms in total. The lowest BCUT2D eigenvalue weighted by Crippen LogP contribution is -2.09. The molecule has 2 aromatic carbocycles. The van der Waals surface area contributed by atoms with E-state index in [0.29, 0.717) is 0 Å². The van der Waals surface area contributed by atoms with Crippen LogP contribution in [0.3, 0.4) is 0 Å². The SMILES string of the molecule is CCSCCSCc1cc(C#N)ccc1-c1ccc(N(C)C)cc1CSCCSCC. The molecular formula is C25H34N2S4. The third-order valence-corrected chi connectivity index (χ3v) is 9.13. The van der Waals surface area contributed by atoms with E-state index in [4.69, 9.17) is 0 Å². The van der Waals surface area contributed by atoms with Crippen LogP contribution in [0.4, 0.5) is 5.69 Å². The fraction of sp³-hybridized carbons (Fsp3) is 0.480. The average Bonchev–Trinajstić information content (AvgIpc) is 2.78. The molecule has 0 amide bonds. The predicted octanol–water partition coefficient (Wildman–Crippen LogP) is 7.26. The quantitative estimate of drug-likeness (QED) is 0.259. The number of thioether (sulfide) groups is 4. The summed E-state index contributed by atoms with van der Waals surface area (Å²) in [7, 11) is 4.20. The van der Waals surface area contributed by atoms with Crippen LogP contribution in [-0.4, -0.2) is 48.6 Å². The molecule has 0 spiro atoms. The van der Waals surface area contributed by atoms with Crippen molar-refractivity contribution in [1.29, 1.82) is 5.26 Å². The largest absolute Gasteiger partial charge is 0.378 e. The Morgan fingerprint density at radius 2 is 1.26 bits per heavy atom. The van der Waals surface area contributed by atoms with Crippen LogP contribution in [0.15, 0.2) is 36.4 Å². The molecule has 0 atom stereocenters. The number of anilines is 1. The Morgan fingerprint density at radius 1 is 0.742 bits per heavy atom. The lowest BCUT2D eigenvalue weighted by atomic mass is 9.94. The molecule has 0 radical (unpaired) electrons. The summed E-state index contributed by atoms with van der Waals surface area (Å²) < 4.78 is 0. The van der Waals surface area contributed by atoms with E-state index >= 15 is 0 Å². The Morgan fingerprint density at radius 3 is 1.77 bits per heavy atom. The van der Waals surface area contributed by atoms with E-state index in [1.54, 1.807) is 0 Å². The molecule has 0 aliphatic rings. The zero-order valence-electron chi connectivity index (χ0n) is 19.1. The van der Waals surface area contributed by atoms with Gasteiger partial charge in [0.2, 0.25) is 0 Å². The van der Waals surface area contributed by atoms with Gasteiger partial charge in [0, 0.05) is 54.3 Å². The number of nitrogens with zero attached hydrogens (tertiary/aromatic N) is 2. The topological polar surface area (TPSA) is 27.0 Å². The van der Waals surface area contributed by atoms with Gasteiger partial charge in [0.1, 0.15) is 0 Å². The van der Waals surface area contributed by atoms with Crippen molar-refractivity contribution >= 4 is 52.7 Å². The van der Waals surface area contributed by atoms with Crippen molar-refractivity contribution in [1.82, 2.24) is 0 Å². The fourth-order valence-corrected chi connectivity index (χ4v) is 6.84. The Hall–Kier alpha value is -0.870. The van der Waals surface area contributed by atoms with Crippen LogP contribution in [-0.2, 0) is 11.5 Å². The fourth-order valence-electron chi connectivity index (χ4n) is 3.17. The molecule has 2 aromatic rings. The van der Waals surface area contributed by atoms with E-state index < -0.39 is 0 Å². The zero-order valence-corrected chi connectivity index (χ0v) is 22.4. The van der Waals surface area contributed by atoms with Gasteiger partial charge in [-0.1, -0.05) is 26.0 Å². The zero-order chi connectivity index (χ0) is 22.5. The van der Waals surface area contributed by atoms with Crippen molar-refractivity contribution in [2.24, 2.45) is 0 Å². The number of rotatable bonds is 14. The molecule has 0 heterocycles. The van der Waals surface area contributed by atoms with Crippen molar-refractivity contribution in [3.8, 4) is 17.2 Å². The minimum absolute atomic E-state index is 0.750. The van der Waals surface area contributed by atoms with Crippen molar-refractivity contribution in [2.45, 2.75) is 25.4 Å². The van der Waals surface area contributed by atoms with Crippen LogP contribution in [0.25, 0.3) is 11.1 Å². The Kier molecular flexibility index (Phi) is 12.8. The van der Waals surface area contributed by atoms with Gasteiger partial charge < -0.3 is 4.90 Å². The predicted molar refractivity (Wildman–Crippen MR) is 149 cm³/mol. The summed E-state index contributed by atoms with van der Waals surface area (Å²) in [5.41, 5.74) is 7.23. The van der Waals surface area contributed by atoms with Crippen molar-refractivity contribution < 1.29 is 0 Å². The molecule has 0 aliphatic carbocycles. The molecule has 0 bridgehead atoms. The second-order valence-corrected chi connectivity index (χ2v) is 12.2. The second-order valence-electron chi connectivity index (χ2n) is 7.22. The number of benzene rings is 2. The molecule has 168 valence electrons. The standard InChI is InChI=1S/C25H34N2S4/c1-5-28-11-13-30-18-21-15-20(17-26)7-9-24(21)25-10-8-23(27(3)4)16-22(25)19-31-14-12-29-6-2/h7-10,15-16H,5-6,11-14,18-19H2,1-4H3. The maximum atomic E-state index is 9.43. The number of nitriles is 1. The van der Waals surface area contributed by atoms with Gasteiger partial charge >= 0.3 is 0 Å². The van der Waals surface area contributed by atoms with Crippen molar-refractivity contribution in [2.75, 3.05) is 53.5 Å². The van der Waals surface area contributed by atoms with E-state index in [9.17, 15) is 5.26 Å². The Bertz CT molecular complexity index is 846. The highest BCUT2D eigenvalue weighted by molar-refractivity contribution is 8.02. The molecule has 0 aromatic heterocycles. The van der Waals surface area contributed by atoms with Gasteiger partial charge in [-0.3, -0.25) is 0 Å². The summed E-state index contributed by atoms with van der Waals surface area (Å²) in [5, 5.41) is 9.43. The maximum Gasteiger partial charge on any atom is 0.0991 e. The first kappa shape index (κ1) is 26.4. The monoisotopic (exact) mass is 490 g/mol. The molecule has 2 rings (SSSR count). The maximum absolute atomic E-state index is 9.43. The smallest absolute Gasteiger partial charge is 0.0991 e. The summed E-state index contributed by atoms with van der Waals surface area (Å²) in [5.74, 6) is 9.03. The summed E-state index contributed by atoms with van der Waals surface area (Å²) in [4.78, 5) is 2.17. The first-order chi connectivity index (χ1) is 15.1. The molecule has 0 N–H and O–H groups in total. The van der Waals surface area contributed by atoms with Crippen LogP contribution in [0.5, 0.6) is 0 Å². The molecule has 31 heavy (non-hydrogen) atoms. The van der Waals surface area contributed by atoms with Crippen LogP contribution in [0, 0.1) is 11.3 Å². The first-order valence-electron chi connectivity index (χ1n) is 10.7. The second kappa shape index (κ2) is 15.1. The van der Waals surface area contributed by atoms with Crippen LogP contribution < -0.4 is 4.90 Å². The number of hydrogen-bond acceptors (Lipinski definition) is 6. The van der Waals surface area contributed by atoms with Crippen molar-refractivity contribution in [3.63, 3.8) is 0 Å². The van der Waals surface area contributed by atoms with Gasteiger partial charge in [0.25, 0.3) is 0 Å². The average molecular weight is 491 g/mol. The summed E-state index contributed by atoms with van der Waals surface area (Å²) in [6.45, 7) is 4.43. The molecule has 0 aliphatic heterocycles. The highest BCUT2D eigenvalue weighted by atomic mass is 32.2. The van der Waals surface area contributed by atoms with Gasteiger partial charge in [0.05, 0.1) is 11.6 Å². The van der Waals surface area contributed by atoms with E-state index in [-0.39, 0.29) is 0 Å². The highest BCUT2D eigenvalue weighted by Crippen LogP contribution is 2.34. The minimum atomic E-state index is 0.750. The Labute approximate surface area is 206 Å². The van der Waals surface area contributed by atoms with Crippen LogP contribution in [0.1, 0.15) is 30.5 Å². The number of hydrogen-bond donors (Lipinski definition) is 0. The van der Waals surface area contributed by atoms with E-state index in [1.165, 1.54) is 56.7 Å². The molecule has 0 fully saturated rings. The summed E-state index contributed by atoms with van der Waals surface area (Å²) in [6.07, 6.45) is 0. The molecule has 6 heteroatoms. The van der Waals surface area contributed by atoms with Crippen molar-refractivity contribution in [3.05, 3.63) is 53.1 Å². The highest BCUT2D eigenvalue weighted by Gasteiger charge is 2.13. The molecule has 0 saturated heterocycles. The lowest BCUT2D eigenvalue weighted by Gasteiger charge is -2.19. The summed E-state index contributed by atoms with van der Waals surface area (Å²) in [6, 6.07) is 15.3. The van der Waals surface area contributed by atoms with Gasteiger partial charge in [-0.25, -0.2) is 0 Å². The summed E-state index contributed by atoms with van der Waals surface area (Å²) >= 11 is 7.98. The molecular weight excluding hydrogens is 457 g/mol. The lowest BCUT2D eigenvalue weighted by molar-refractivity contribution is 1.13. The van der Waals surface area contributed by atoms with Gasteiger partial charge in [-0.05, 0) is 58.0 Å². The Balaban J connectivity index is 2.30. The third kappa shape index (κ3) is 8.88. The minimum Gasteiger partial charge on any atom is -0.378 e. The van der Waals surface area contributed by atoms with Crippen LogP contribution in [0.2, 0.25) is 0 Å². The van der Waals surface area contributed by atoms with Gasteiger partial charge in [-0.2, -0.15) is 52.3 Å². The first-order valence-corrected chi connectivity index (χ1v) is 15.4. The van der Waals surface area contributed by atoms with Gasteiger partial charge in [-0.15, -0.1) is 0 Å². The normalized spacial score (nSPS) is 10.8. The van der Waals surface area contributed by atoms with Gasteiger partial charge in [0.15, 0.2) is 0 Å². The third-order valence-electron chi connectivity index (χ3n) is 4.80. The van der Waals surface area contributed by atoms with Crippen LogP contribution >= 0.6 is 47.0 Å². The van der Waals surface area contributed by atoms with E-state index in [1.807, 2.05) is 53.1 Å². The van der Waals surface area contributed by atoms with E-state index in [2.05, 4.69) is 69.2 Å².